The summed E-state index contributed by atoms with van der Waals surface area (Å²) in [5, 5.41) is 11.1. The minimum Gasteiger partial charge on any atom is -0.480 e. The quantitative estimate of drug-likeness (QED) is 0.811. The molecule has 0 aromatic carbocycles. The third kappa shape index (κ3) is 5.12. The van der Waals surface area contributed by atoms with Crippen LogP contribution >= 0.6 is 0 Å². The van der Waals surface area contributed by atoms with Gasteiger partial charge in [-0.05, 0) is 24.7 Å². The van der Waals surface area contributed by atoms with Crippen molar-refractivity contribution in [3.05, 3.63) is 0 Å². The molecule has 2 unspecified atom stereocenters. The number of amides is 1. The second-order valence-electron chi connectivity index (χ2n) is 5.98. The van der Waals surface area contributed by atoms with E-state index in [9.17, 15) is 18.4 Å². The molecule has 1 fully saturated rings. The molecule has 6 heteroatoms. The molecule has 1 rings (SSSR count). The molecule has 110 valence electrons. The Morgan fingerprint density at radius 3 is 2.53 bits per heavy atom. The Bertz CT molecular complexity index is 345. The highest BCUT2D eigenvalue weighted by atomic mass is 19.3. The van der Waals surface area contributed by atoms with Gasteiger partial charge in [0.05, 0.1) is 0 Å². The van der Waals surface area contributed by atoms with Crippen LogP contribution in [-0.4, -0.2) is 29.5 Å². The Kier molecular flexibility index (Phi) is 5.26. The monoisotopic (exact) mass is 277 g/mol. The molecule has 1 saturated carbocycles. The van der Waals surface area contributed by atoms with Crippen LogP contribution in [0.25, 0.3) is 0 Å². The molecule has 2 atom stereocenters. The van der Waals surface area contributed by atoms with Gasteiger partial charge in [0.1, 0.15) is 6.04 Å². The van der Waals surface area contributed by atoms with E-state index < -0.39 is 30.8 Å². The van der Waals surface area contributed by atoms with Crippen LogP contribution < -0.4 is 5.32 Å². The molecule has 0 aromatic rings. The normalized spacial score (nSPS) is 23.9. The van der Waals surface area contributed by atoms with Gasteiger partial charge in [-0.3, -0.25) is 4.79 Å². The van der Waals surface area contributed by atoms with Crippen LogP contribution in [0.1, 0.15) is 46.0 Å². The van der Waals surface area contributed by atoms with E-state index >= 15 is 0 Å². The Morgan fingerprint density at radius 1 is 1.42 bits per heavy atom. The number of nitrogens with one attached hydrogen (secondary N) is 1. The molecular weight excluding hydrogens is 256 g/mol. The Hall–Kier alpha value is -1.20. The fourth-order valence-corrected chi connectivity index (χ4v) is 2.61. The summed E-state index contributed by atoms with van der Waals surface area (Å²) in [5.74, 6) is -2.10. The second kappa shape index (κ2) is 6.30. The van der Waals surface area contributed by atoms with Crippen LogP contribution in [0, 0.1) is 11.3 Å². The van der Waals surface area contributed by atoms with Gasteiger partial charge in [0.25, 0.3) is 0 Å². The van der Waals surface area contributed by atoms with Crippen molar-refractivity contribution in [3.63, 3.8) is 0 Å². The highest BCUT2D eigenvalue weighted by Crippen LogP contribution is 2.38. The molecule has 4 nitrogen and oxygen atoms in total. The first kappa shape index (κ1) is 15.9. The zero-order valence-corrected chi connectivity index (χ0v) is 11.3. The number of aliphatic carboxylic acids is 1. The lowest BCUT2D eigenvalue weighted by Crippen LogP contribution is -2.46. The van der Waals surface area contributed by atoms with Crippen molar-refractivity contribution in [2.75, 3.05) is 0 Å². The number of carbonyl (C=O) groups excluding carboxylic acids is 1. The van der Waals surface area contributed by atoms with E-state index in [0.29, 0.717) is 12.8 Å². The number of rotatable bonds is 5. The van der Waals surface area contributed by atoms with Crippen LogP contribution in [0.3, 0.4) is 0 Å². The lowest BCUT2D eigenvalue weighted by molar-refractivity contribution is -0.144. The van der Waals surface area contributed by atoms with Gasteiger partial charge in [-0.25, -0.2) is 13.6 Å². The maximum atomic E-state index is 12.2. The summed E-state index contributed by atoms with van der Waals surface area (Å²) in [4.78, 5) is 22.8. The molecule has 19 heavy (non-hydrogen) atoms. The molecule has 0 radical (unpaired) electrons. The van der Waals surface area contributed by atoms with Crippen molar-refractivity contribution < 1.29 is 23.5 Å². The average Bonchev–Trinajstić information content (AvgIpc) is 2.25. The first-order valence-corrected chi connectivity index (χ1v) is 6.52. The van der Waals surface area contributed by atoms with Gasteiger partial charge in [0, 0.05) is 12.3 Å². The molecule has 1 amide bonds. The Labute approximate surface area is 111 Å². The van der Waals surface area contributed by atoms with Crippen molar-refractivity contribution in [1.29, 1.82) is 0 Å². The number of carboxylic acids is 1. The van der Waals surface area contributed by atoms with Crippen molar-refractivity contribution in [3.8, 4) is 0 Å². The molecule has 1 aliphatic rings. The number of hydrogen-bond donors (Lipinski definition) is 2. The van der Waals surface area contributed by atoms with E-state index in [1.807, 2.05) is 0 Å². The first-order chi connectivity index (χ1) is 8.71. The van der Waals surface area contributed by atoms with Crippen molar-refractivity contribution in [2.45, 2.75) is 58.4 Å². The van der Waals surface area contributed by atoms with Gasteiger partial charge >= 0.3 is 5.97 Å². The third-order valence-corrected chi connectivity index (χ3v) is 3.60. The molecule has 0 spiro atoms. The van der Waals surface area contributed by atoms with Crippen molar-refractivity contribution >= 4 is 11.9 Å². The Balaban J connectivity index is 2.59. The number of carboxylic acid groups (broad SMARTS) is 1. The summed E-state index contributed by atoms with van der Waals surface area (Å²) < 4.78 is 24.5. The topological polar surface area (TPSA) is 66.4 Å². The molecule has 0 aliphatic heterocycles. The van der Waals surface area contributed by atoms with Crippen LogP contribution in [0.15, 0.2) is 0 Å². The minimum atomic E-state index is -2.75. The van der Waals surface area contributed by atoms with Gasteiger partial charge in [-0.2, -0.15) is 0 Å². The number of carbonyl (C=O) groups is 2. The van der Waals surface area contributed by atoms with Crippen LogP contribution in [-0.2, 0) is 9.59 Å². The largest absolute Gasteiger partial charge is 0.480 e. The van der Waals surface area contributed by atoms with E-state index in [1.54, 1.807) is 0 Å². The molecule has 0 heterocycles. The Morgan fingerprint density at radius 2 is 2.05 bits per heavy atom. The molecule has 2 N–H and O–H groups in total. The first-order valence-electron chi connectivity index (χ1n) is 6.52. The molecule has 1 aliphatic carbocycles. The zero-order valence-electron chi connectivity index (χ0n) is 11.3. The highest BCUT2D eigenvalue weighted by molar-refractivity contribution is 5.85. The van der Waals surface area contributed by atoms with Gasteiger partial charge < -0.3 is 10.4 Å². The van der Waals surface area contributed by atoms with Crippen molar-refractivity contribution in [1.82, 2.24) is 5.32 Å². The predicted octanol–water partition coefficient (Wildman–Crippen LogP) is 2.43. The summed E-state index contributed by atoms with van der Waals surface area (Å²) in [7, 11) is 0. The van der Waals surface area contributed by atoms with E-state index in [1.165, 1.54) is 0 Å². The maximum Gasteiger partial charge on any atom is 0.326 e. The maximum absolute atomic E-state index is 12.2. The summed E-state index contributed by atoms with van der Waals surface area (Å²) >= 11 is 0. The third-order valence-electron chi connectivity index (χ3n) is 3.60. The summed E-state index contributed by atoms with van der Waals surface area (Å²) in [6.45, 7) is 4.11. The van der Waals surface area contributed by atoms with Crippen LogP contribution in [0.4, 0.5) is 8.78 Å². The van der Waals surface area contributed by atoms with E-state index in [2.05, 4.69) is 19.2 Å². The van der Waals surface area contributed by atoms with E-state index in [-0.39, 0.29) is 11.3 Å². The van der Waals surface area contributed by atoms with E-state index in [4.69, 9.17) is 5.11 Å². The fraction of sp³-hybridized carbons (Fsp3) is 0.846. The fourth-order valence-electron chi connectivity index (χ4n) is 2.61. The molecule has 0 saturated heterocycles. The summed E-state index contributed by atoms with van der Waals surface area (Å²) in [5.41, 5.74) is 0.0433. The van der Waals surface area contributed by atoms with Gasteiger partial charge in [0.15, 0.2) is 0 Å². The van der Waals surface area contributed by atoms with E-state index in [0.717, 1.165) is 12.8 Å². The van der Waals surface area contributed by atoms with Crippen LogP contribution in [0.5, 0.6) is 0 Å². The second-order valence-corrected chi connectivity index (χ2v) is 5.98. The summed E-state index contributed by atoms with van der Waals surface area (Å²) in [6, 6.07) is -1.50. The standard InChI is InChI=1S/C13H21F2NO3/c1-13(2)5-3-4-8(7-13)11(17)16-9(12(18)19)6-10(14)15/h8-10H,3-7H2,1-2H3,(H,16,17)(H,18,19). The van der Waals surface area contributed by atoms with Crippen molar-refractivity contribution in [2.24, 2.45) is 11.3 Å². The number of halogens is 2. The molecule has 0 bridgehead atoms. The zero-order chi connectivity index (χ0) is 14.6. The SMILES string of the molecule is CC1(C)CCCC(C(=O)NC(CC(F)F)C(=O)O)C1. The summed E-state index contributed by atoms with van der Waals surface area (Å²) in [6.07, 6.45) is -0.314. The van der Waals surface area contributed by atoms with Gasteiger partial charge in [-0.15, -0.1) is 0 Å². The van der Waals surface area contributed by atoms with Gasteiger partial charge in [-0.1, -0.05) is 20.3 Å². The average molecular weight is 277 g/mol. The number of hydrogen-bond acceptors (Lipinski definition) is 2. The predicted molar refractivity (Wildman–Crippen MR) is 65.9 cm³/mol. The number of alkyl halides is 2. The minimum absolute atomic E-state index is 0.0433. The lowest BCUT2D eigenvalue weighted by Gasteiger charge is -2.34. The van der Waals surface area contributed by atoms with Gasteiger partial charge in [0.2, 0.25) is 12.3 Å². The highest BCUT2D eigenvalue weighted by Gasteiger charge is 2.34. The smallest absolute Gasteiger partial charge is 0.326 e. The molecule has 0 aromatic heterocycles. The lowest BCUT2D eigenvalue weighted by atomic mass is 9.72. The molecular formula is C13H21F2NO3. The van der Waals surface area contributed by atoms with Crippen LogP contribution in [0.2, 0.25) is 0 Å².